The highest BCUT2D eigenvalue weighted by Crippen LogP contribution is 2.34. The molecular weight excluding hydrogens is 661 g/mol. The molecule has 6 nitrogen and oxygen atoms in total. The molecule has 1 amide bonds. The second kappa shape index (κ2) is 13.7. The molecule has 0 bridgehead atoms. The van der Waals surface area contributed by atoms with Crippen molar-refractivity contribution in [3.05, 3.63) is 134 Å². The summed E-state index contributed by atoms with van der Waals surface area (Å²) in [6.07, 6.45) is 1.59. The highest BCUT2D eigenvalue weighted by atomic mass is 127. The lowest BCUT2D eigenvalue weighted by molar-refractivity contribution is 0.0955. The van der Waals surface area contributed by atoms with E-state index in [0.717, 1.165) is 37.3 Å². The van der Waals surface area contributed by atoms with Gasteiger partial charge in [0.05, 0.1) is 22.1 Å². The number of benzene rings is 4. The topological polar surface area (TPSA) is 64.8 Å². The van der Waals surface area contributed by atoms with E-state index in [9.17, 15) is 4.79 Å². The first kappa shape index (κ1) is 29.4. The monoisotopic (exact) mass is 689 g/mol. The Kier molecular flexibility index (Phi) is 9.61. The molecule has 0 fully saturated rings. The van der Waals surface area contributed by atoms with Crippen LogP contribution in [0.1, 0.15) is 34.1 Å². The number of aryl methyl sites for hydroxylation is 1. The molecule has 1 aromatic heterocycles. The molecule has 0 aliphatic heterocycles. The van der Waals surface area contributed by atoms with Gasteiger partial charge in [0.2, 0.25) is 0 Å². The van der Waals surface area contributed by atoms with Gasteiger partial charge < -0.3 is 14.0 Å². The molecule has 1 N–H and O–H groups in total. The van der Waals surface area contributed by atoms with Crippen molar-refractivity contribution in [2.45, 2.75) is 20.5 Å². The van der Waals surface area contributed by atoms with Crippen molar-refractivity contribution < 1.29 is 14.3 Å². The van der Waals surface area contributed by atoms with Crippen LogP contribution in [0.2, 0.25) is 5.02 Å². The van der Waals surface area contributed by atoms with Crippen molar-refractivity contribution in [2.24, 2.45) is 5.10 Å². The van der Waals surface area contributed by atoms with Crippen molar-refractivity contribution in [2.75, 3.05) is 6.61 Å². The normalized spacial score (nSPS) is 11.0. The number of aromatic nitrogens is 1. The molecule has 0 atom stereocenters. The Morgan fingerprint density at radius 1 is 0.952 bits per heavy atom. The lowest BCUT2D eigenvalue weighted by Gasteiger charge is -2.15. The Balaban J connectivity index is 1.26. The fourth-order valence-electron chi connectivity index (χ4n) is 4.51. The highest BCUT2D eigenvalue weighted by Gasteiger charge is 2.13. The van der Waals surface area contributed by atoms with Gasteiger partial charge in [0.15, 0.2) is 11.5 Å². The molecule has 1 heterocycles. The van der Waals surface area contributed by atoms with E-state index in [1.54, 1.807) is 18.3 Å². The number of hydrazone groups is 1. The van der Waals surface area contributed by atoms with Crippen LogP contribution < -0.4 is 14.9 Å². The SMILES string of the molecule is CCOc1cc(/C=N/NC(=O)c2ccc(-n3c(C)ccc3-c3ccccc3)cc2)cc(I)c1OCc1ccc(Cl)cc1. The van der Waals surface area contributed by atoms with Crippen LogP contribution >= 0.6 is 34.2 Å². The van der Waals surface area contributed by atoms with Crippen molar-refractivity contribution in [3.8, 4) is 28.4 Å². The Morgan fingerprint density at radius 2 is 1.69 bits per heavy atom. The van der Waals surface area contributed by atoms with E-state index in [1.165, 1.54) is 0 Å². The minimum absolute atomic E-state index is 0.298. The molecule has 0 aliphatic rings. The van der Waals surface area contributed by atoms with Gasteiger partial charge in [-0.15, -0.1) is 0 Å². The third-order valence-corrected chi connectivity index (χ3v) is 7.59. The number of carbonyl (C=O) groups is 1. The number of halogens is 2. The van der Waals surface area contributed by atoms with Gasteiger partial charge in [-0.1, -0.05) is 54.1 Å². The zero-order valence-electron chi connectivity index (χ0n) is 23.2. The molecule has 4 aromatic carbocycles. The standard InChI is InChI=1S/C34H29ClIN3O3/c1-3-41-32-20-25(19-30(36)33(32)42-22-24-10-14-28(35)15-11-24)21-37-38-34(40)27-12-16-29(17-13-27)39-23(2)9-18-31(39)26-7-5-4-6-8-26/h4-21H,3,22H2,1-2H3,(H,38,40)/b37-21+. The van der Waals surface area contributed by atoms with Crippen molar-refractivity contribution in [3.63, 3.8) is 0 Å². The smallest absolute Gasteiger partial charge is 0.271 e. The maximum Gasteiger partial charge on any atom is 0.271 e. The third kappa shape index (κ3) is 7.03. The summed E-state index contributed by atoms with van der Waals surface area (Å²) < 4.78 is 15.0. The average molecular weight is 690 g/mol. The molecule has 0 spiro atoms. The van der Waals surface area contributed by atoms with E-state index in [2.05, 4.69) is 68.9 Å². The van der Waals surface area contributed by atoms with E-state index < -0.39 is 0 Å². The number of rotatable bonds is 10. The van der Waals surface area contributed by atoms with Gasteiger partial charge in [-0.2, -0.15) is 5.10 Å². The molecule has 5 rings (SSSR count). The van der Waals surface area contributed by atoms with Gasteiger partial charge in [0.25, 0.3) is 5.91 Å². The van der Waals surface area contributed by atoms with Gasteiger partial charge in [-0.25, -0.2) is 5.43 Å². The lowest BCUT2D eigenvalue weighted by atomic mass is 10.1. The first-order chi connectivity index (χ1) is 20.4. The summed E-state index contributed by atoms with van der Waals surface area (Å²) in [5.74, 6) is 0.965. The van der Waals surface area contributed by atoms with Gasteiger partial charge in [0, 0.05) is 22.0 Å². The summed E-state index contributed by atoms with van der Waals surface area (Å²) in [6, 6.07) is 33.2. The zero-order valence-corrected chi connectivity index (χ0v) is 26.1. The Morgan fingerprint density at radius 3 is 2.40 bits per heavy atom. The van der Waals surface area contributed by atoms with E-state index in [-0.39, 0.29) is 5.91 Å². The predicted octanol–water partition coefficient (Wildman–Crippen LogP) is 8.45. The zero-order chi connectivity index (χ0) is 29.5. The molecule has 8 heteroatoms. The molecule has 5 aromatic rings. The summed E-state index contributed by atoms with van der Waals surface area (Å²) >= 11 is 8.20. The summed E-state index contributed by atoms with van der Waals surface area (Å²) in [6.45, 7) is 4.85. The molecule has 42 heavy (non-hydrogen) atoms. The number of nitrogens with one attached hydrogen (secondary N) is 1. The molecule has 0 aliphatic carbocycles. The van der Waals surface area contributed by atoms with Crippen LogP contribution in [0.4, 0.5) is 0 Å². The second-order valence-corrected chi connectivity index (χ2v) is 11.1. The number of amides is 1. The fraction of sp³-hybridized carbons (Fsp3) is 0.118. The largest absolute Gasteiger partial charge is 0.490 e. The van der Waals surface area contributed by atoms with E-state index in [1.807, 2.05) is 73.7 Å². The van der Waals surface area contributed by atoms with Crippen LogP contribution in [-0.4, -0.2) is 23.3 Å². The minimum atomic E-state index is -0.298. The quantitative estimate of drug-likeness (QED) is 0.0910. The first-order valence-electron chi connectivity index (χ1n) is 13.4. The average Bonchev–Trinajstić information content (AvgIpc) is 3.39. The number of hydrogen-bond donors (Lipinski definition) is 1. The van der Waals surface area contributed by atoms with Crippen LogP contribution in [0.15, 0.2) is 108 Å². The minimum Gasteiger partial charge on any atom is -0.490 e. The molecule has 212 valence electrons. The number of carbonyl (C=O) groups excluding carboxylic acids is 1. The van der Waals surface area contributed by atoms with E-state index >= 15 is 0 Å². The molecule has 0 radical (unpaired) electrons. The summed E-state index contributed by atoms with van der Waals surface area (Å²) in [4.78, 5) is 12.8. The maximum atomic E-state index is 12.8. The second-order valence-electron chi connectivity index (χ2n) is 9.49. The highest BCUT2D eigenvalue weighted by molar-refractivity contribution is 14.1. The number of ether oxygens (including phenoxy) is 2. The summed E-state index contributed by atoms with van der Waals surface area (Å²) in [5, 5.41) is 4.87. The first-order valence-corrected chi connectivity index (χ1v) is 14.9. The van der Waals surface area contributed by atoms with Crippen molar-refractivity contribution in [1.82, 2.24) is 9.99 Å². The molecular formula is C34H29ClIN3O3. The lowest BCUT2D eigenvalue weighted by Crippen LogP contribution is -2.17. The van der Waals surface area contributed by atoms with Crippen LogP contribution in [0.25, 0.3) is 16.9 Å². The van der Waals surface area contributed by atoms with Gasteiger partial charge in [0.1, 0.15) is 6.61 Å². The van der Waals surface area contributed by atoms with Crippen molar-refractivity contribution in [1.29, 1.82) is 0 Å². The van der Waals surface area contributed by atoms with Gasteiger partial charge in [-0.3, -0.25) is 4.79 Å². The van der Waals surface area contributed by atoms with Crippen LogP contribution in [0.5, 0.6) is 11.5 Å². The van der Waals surface area contributed by atoms with Crippen LogP contribution in [-0.2, 0) is 6.61 Å². The molecule has 0 unspecified atom stereocenters. The maximum absolute atomic E-state index is 12.8. The molecule has 0 saturated carbocycles. The fourth-order valence-corrected chi connectivity index (χ4v) is 5.42. The summed E-state index contributed by atoms with van der Waals surface area (Å²) in [7, 11) is 0. The van der Waals surface area contributed by atoms with E-state index in [4.69, 9.17) is 21.1 Å². The van der Waals surface area contributed by atoms with Crippen molar-refractivity contribution >= 4 is 46.3 Å². The van der Waals surface area contributed by atoms with Crippen LogP contribution in [0.3, 0.4) is 0 Å². The number of nitrogens with zero attached hydrogens (tertiary/aromatic N) is 2. The van der Waals surface area contributed by atoms with E-state index in [0.29, 0.717) is 35.3 Å². The predicted molar refractivity (Wildman–Crippen MR) is 177 cm³/mol. The number of hydrogen-bond acceptors (Lipinski definition) is 4. The Hall–Kier alpha value is -4.08. The van der Waals surface area contributed by atoms with Gasteiger partial charge >= 0.3 is 0 Å². The third-order valence-electron chi connectivity index (χ3n) is 6.54. The van der Waals surface area contributed by atoms with Gasteiger partial charge in [-0.05, 0) is 114 Å². The molecule has 0 saturated heterocycles. The van der Waals surface area contributed by atoms with Crippen LogP contribution in [0, 0.1) is 10.5 Å². The Labute approximate surface area is 264 Å². The Bertz CT molecular complexity index is 1700. The summed E-state index contributed by atoms with van der Waals surface area (Å²) in [5.41, 5.74) is 9.22.